The second-order valence-corrected chi connectivity index (χ2v) is 6.49. The van der Waals surface area contributed by atoms with Crippen LogP contribution in [0.4, 0.5) is 0 Å². The third-order valence-electron chi connectivity index (χ3n) is 5.39. The fourth-order valence-corrected chi connectivity index (χ4v) is 3.62. The van der Waals surface area contributed by atoms with Gasteiger partial charge in [-0.25, -0.2) is 0 Å². The Morgan fingerprint density at radius 2 is 2.00 bits per heavy atom. The van der Waals surface area contributed by atoms with E-state index < -0.39 is 0 Å². The molecule has 1 heterocycles. The molecular weight excluding hydrogens is 208 g/mol. The molecular formula is C15H30N2. The van der Waals surface area contributed by atoms with Crippen molar-refractivity contribution in [2.75, 3.05) is 20.1 Å². The molecule has 2 aliphatic rings. The van der Waals surface area contributed by atoms with Crippen molar-refractivity contribution in [2.45, 2.75) is 70.9 Å². The first-order valence-corrected chi connectivity index (χ1v) is 7.59. The monoisotopic (exact) mass is 238 g/mol. The molecule has 0 radical (unpaired) electrons. The first-order chi connectivity index (χ1) is 8.15. The van der Waals surface area contributed by atoms with E-state index in [1.807, 2.05) is 0 Å². The normalized spacial score (nSPS) is 34.1. The molecule has 2 rings (SSSR count). The van der Waals surface area contributed by atoms with Crippen LogP contribution in [0.2, 0.25) is 0 Å². The molecule has 1 saturated heterocycles. The molecule has 2 fully saturated rings. The Kier molecular flexibility index (Phi) is 4.48. The van der Waals surface area contributed by atoms with Gasteiger partial charge in [-0.2, -0.15) is 0 Å². The second-order valence-electron chi connectivity index (χ2n) is 6.49. The quantitative estimate of drug-likeness (QED) is 0.810. The lowest BCUT2D eigenvalue weighted by molar-refractivity contribution is 0.155. The summed E-state index contributed by atoms with van der Waals surface area (Å²) in [6.45, 7) is 7.27. The molecule has 2 unspecified atom stereocenters. The van der Waals surface area contributed by atoms with E-state index in [1.165, 1.54) is 58.0 Å². The molecule has 0 aromatic rings. The van der Waals surface area contributed by atoms with E-state index in [0.717, 1.165) is 12.1 Å². The number of rotatable bonds is 4. The van der Waals surface area contributed by atoms with Crippen molar-refractivity contribution in [3.05, 3.63) is 0 Å². The van der Waals surface area contributed by atoms with Crippen LogP contribution in [0.15, 0.2) is 0 Å². The minimum absolute atomic E-state index is 0.645. The van der Waals surface area contributed by atoms with Crippen molar-refractivity contribution in [3.63, 3.8) is 0 Å². The van der Waals surface area contributed by atoms with E-state index in [2.05, 4.69) is 31.1 Å². The van der Waals surface area contributed by atoms with Crippen molar-refractivity contribution in [2.24, 2.45) is 5.41 Å². The van der Waals surface area contributed by atoms with Gasteiger partial charge in [0, 0.05) is 18.6 Å². The molecule has 0 aromatic carbocycles. The van der Waals surface area contributed by atoms with Crippen LogP contribution in [0.5, 0.6) is 0 Å². The predicted molar refractivity (Wildman–Crippen MR) is 74.3 cm³/mol. The third-order valence-corrected chi connectivity index (χ3v) is 5.39. The van der Waals surface area contributed by atoms with E-state index >= 15 is 0 Å². The van der Waals surface area contributed by atoms with E-state index in [9.17, 15) is 0 Å². The smallest absolute Gasteiger partial charge is 0.00942 e. The van der Waals surface area contributed by atoms with E-state index in [0.29, 0.717) is 5.41 Å². The predicted octanol–water partition coefficient (Wildman–Crippen LogP) is 3.03. The zero-order valence-electron chi connectivity index (χ0n) is 12.0. The molecule has 2 nitrogen and oxygen atoms in total. The number of nitrogens with one attached hydrogen (secondary N) is 1. The van der Waals surface area contributed by atoms with E-state index in [-0.39, 0.29) is 0 Å². The van der Waals surface area contributed by atoms with Crippen LogP contribution in [-0.2, 0) is 0 Å². The zero-order chi connectivity index (χ0) is 12.3. The Morgan fingerprint density at radius 3 is 2.59 bits per heavy atom. The number of nitrogens with zero attached hydrogens (tertiary/aromatic N) is 1. The maximum absolute atomic E-state index is 3.88. The number of piperidine rings is 1. The van der Waals surface area contributed by atoms with Gasteiger partial charge in [0.2, 0.25) is 0 Å². The highest BCUT2D eigenvalue weighted by Crippen LogP contribution is 2.40. The summed E-state index contributed by atoms with van der Waals surface area (Å²) in [6, 6.07) is 1.52. The highest BCUT2D eigenvalue weighted by Gasteiger charge is 2.33. The van der Waals surface area contributed by atoms with Gasteiger partial charge >= 0.3 is 0 Å². The van der Waals surface area contributed by atoms with Gasteiger partial charge in [0.15, 0.2) is 0 Å². The maximum atomic E-state index is 3.88. The van der Waals surface area contributed by atoms with Crippen molar-refractivity contribution in [1.29, 1.82) is 0 Å². The Hall–Kier alpha value is -0.0800. The van der Waals surface area contributed by atoms with Gasteiger partial charge in [-0.1, -0.05) is 19.8 Å². The van der Waals surface area contributed by atoms with Gasteiger partial charge in [0.1, 0.15) is 0 Å². The molecule has 2 heteroatoms. The SMILES string of the molecule is CCC1(CNC2CCN(C)C(C)C2)CCCC1. The third kappa shape index (κ3) is 3.23. The van der Waals surface area contributed by atoms with Crippen LogP contribution in [0.1, 0.15) is 58.8 Å². The largest absolute Gasteiger partial charge is 0.313 e. The molecule has 2 atom stereocenters. The summed E-state index contributed by atoms with van der Waals surface area (Å²) in [5, 5.41) is 3.88. The zero-order valence-corrected chi connectivity index (χ0v) is 12.0. The minimum atomic E-state index is 0.645. The lowest BCUT2D eigenvalue weighted by atomic mass is 9.83. The average molecular weight is 238 g/mol. The van der Waals surface area contributed by atoms with Crippen LogP contribution < -0.4 is 5.32 Å². The fraction of sp³-hybridized carbons (Fsp3) is 1.00. The lowest BCUT2D eigenvalue weighted by Gasteiger charge is -2.37. The molecule has 1 saturated carbocycles. The molecule has 1 aliphatic heterocycles. The first-order valence-electron chi connectivity index (χ1n) is 7.59. The summed E-state index contributed by atoms with van der Waals surface area (Å²) >= 11 is 0. The van der Waals surface area contributed by atoms with Gasteiger partial charge in [-0.15, -0.1) is 0 Å². The van der Waals surface area contributed by atoms with Gasteiger partial charge in [0.05, 0.1) is 0 Å². The van der Waals surface area contributed by atoms with Crippen LogP contribution in [0, 0.1) is 5.41 Å². The van der Waals surface area contributed by atoms with Gasteiger partial charge in [-0.05, 0) is 58.0 Å². The molecule has 0 amide bonds. The first kappa shape index (κ1) is 13.4. The number of likely N-dealkylation sites (tertiary alicyclic amines) is 1. The van der Waals surface area contributed by atoms with Crippen LogP contribution >= 0.6 is 0 Å². The van der Waals surface area contributed by atoms with Crippen molar-refractivity contribution < 1.29 is 0 Å². The Morgan fingerprint density at radius 1 is 1.29 bits per heavy atom. The standard InChI is InChI=1S/C15H30N2/c1-4-15(8-5-6-9-15)12-16-14-7-10-17(3)13(2)11-14/h13-14,16H,4-12H2,1-3H3. The summed E-state index contributed by atoms with van der Waals surface area (Å²) in [5.74, 6) is 0. The summed E-state index contributed by atoms with van der Waals surface area (Å²) in [5.41, 5.74) is 0.645. The average Bonchev–Trinajstić information content (AvgIpc) is 2.80. The number of hydrogen-bond acceptors (Lipinski definition) is 2. The highest BCUT2D eigenvalue weighted by atomic mass is 15.1. The van der Waals surface area contributed by atoms with Crippen LogP contribution in [0.3, 0.4) is 0 Å². The van der Waals surface area contributed by atoms with Crippen LogP contribution in [-0.4, -0.2) is 37.1 Å². The fourth-order valence-electron chi connectivity index (χ4n) is 3.62. The molecule has 0 bridgehead atoms. The molecule has 0 aromatic heterocycles. The van der Waals surface area contributed by atoms with Crippen molar-refractivity contribution in [1.82, 2.24) is 10.2 Å². The molecule has 1 aliphatic carbocycles. The lowest BCUT2D eigenvalue weighted by Crippen LogP contribution is -2.47. The highest BCUT2D eigenvalue weighted by molar-refractivity contribution is 4.88. The van der Waals surface area contributed by atoms with Gasteiger partial charge < -0.3 is 10.2 Å². The summed E-state index contributed by atoms with van der Waals surface area (Å²) < 4.78 is 0. The molecule has 17 heavy (non-hydrogen) atoms. The topological polar surface area (TPSA) is 15.3 Å². The Balaban J connectivity index is 1.78. The van der Waals surface area contributed by atoms with E-state index in [4.69, 9.17) is 0 Å². The minimum Gasteiger partial charge on any atom is -0.313 e. The van der Waals surface area contributed by atoms with Crippen LogP contribution in [0.25, 0.3) is 0 Å². The second kappa shape index (κ2) is 5.71. The Labute approximate surface area is 107 Å². The van der Waals surface area contributed by atoms with E-state index in [1.54, 1.807) is 0 Å². The van der Waals surface area contributed by atoms with Crippen molar-refractivity contribution >= 4 is 0 Å². The Bertz CT molecular complexity index is 233. The summed E-state index contributed by atoms with van der Waals surface area (Å²) in [4.78, 5) is 2.49. The van der Waals surface area contributed by atoms with Crippen molar-refractivity contribution in [3.8, 4) is 0 Å². The van der Waals surface area contributed by atoms with Gasteiger partial charge in [0.25, 0.3) is 0 Å². The molecule has 0 spiro atoms. The molecule has 100 valence electrons. The summed E-state index contributed by atoms with van der Waals surface area (Å²) in [7, 11) is 2.26. The molecule has 1 N–H and O–H groups in total. The summed E-state index contributed by atoms with van der Waals surface area (Å²) in [6.07, 6.45) is 9.86. The maximum Gasteiger partial charge on any atom is 0.00942 e. The van der Waals surface area contributed by atoms with Gasteiger partial charge in [-0.3, -0.25) is 0 Å². The number of hydrogen-bond donors (Lipinski definition) is 1.